The molecule has 2 aromatic carbocycles. The maximum absolute atomic E-state index is 13.8. The Morgan fingerprint density at radius 3 is 1.94 bits per heavy atom. The van der Waals surface area contributed by atoms with E-state index in [0.29, 0.717) is 24.2 Å². The van der Waals surface area contributed by atoms with E-state index in [1.807, 2.05) is 13.0 Å². The van der Waals surface area contributed by atoms with Crippen LogP contribution < -0.4 is 9.04 Å². The summed E-state index contributed by atoms with van der Waals surface area (Å²) in [4.78, 5) is 26.3. The zero-order chi connectivity index (χ0) is 25.0. The van der Waals surface area contributed by atoms with Gasteiger partial charge in [0.1, 0.15) is 5.75 Å². The Balaban J connectivity index is 1.64. The molecule has 0 radical (unpaired) electrons. The van der Waals surface area contributed by atoms with E-state index in [1.54, 1.807) is 43.3 Å². The summed E-state index contributed by atoms with van der Waals surface area (Å²) >= 11 is 0. The van der Waals surface area contributed by atoms with Crippen LogP contribution in [0.15, 0.2) is 47.4 Å². The van der Waals surface area contributed by atoms with E-state index in [-0.39, 0.29) is 28.4 Å². The molecule has 2 saturated carbocycles. The molecule has 35 heavy (non-hydrogen) atoms. The summed E-state index contributed by atoms with van der Waals surface area (Å²) in [6.45, 7) is 3.65. The maximum Gasteiger partial charge on any atom is 0.314 e. The highest BCUT2D eigenvalue weighted by atomic mass is 32.2. The number of hydrogen-bond acceptors (Lipinski definition) is 5. The van der Waals surface area contributed by atoms with Crippen molar-refractivity contribution in [2.75, 3.05) is 4.31 Å². The van der Waals surface area contributed by atoms with Crippen molar-refractivity contribution in [3.8, 4) is 5.75 Å². The summed E-state index contributed by atoms with van der Waals surface area (Å²) in [5, 5.41) is 0. The van der Waals surface area contributed by atoms with Gasteiger partial charge in [0, 0.05) is 5.92 Å². The van der Waals surface area contributed by atoms with E-state index in [2.05, 4.69) is 0 Å². The second-order valence-electron chi connectivity index (χ2n) is 9.96. The number of hydrogen-bond donors (Lipinski definition) is 0. The average Bonchev–Trinajstić information content (AvgIpc) is 2.86. The number of aryl methyl sites for hydroxylation is 2. The fourth-order valence-corrected chi connectivity index (χ4v) is 6.96. The highest BCUT2D eigenvalue weighted by Gasteiger charge is 2.36. The number of amides is 1. The molecule has 0 atom stereocenters. The minimum atomic E-state index is -4.13. The topological polar surface area (TPSA) is 80.8 Å². The second kappa shape index (κ2) is 10.9. The summed E-state index contributed by atoms with van der Waals surface area (Å²) in [6, 6.07) is 11.4. The van der Waals surface area contributed by atoms with Gasteiger partial charge in [-0.3, -0.25) is 9.59 Å². The lowest BCUT2D eigenvalue weighted by Crippen LogP contribution is -2.41. The average molecular weight is 498 g/mol. The van der Waals surface area contributed by atoms with Crippen LogP contribution in [0.1, 0.15) is 75.3 Å². The monoisotopic (exact) mass is 497 g/mol. The third kappa shape index (κ3) is 5.77. The lowest BCUT2D eigenvalue weighted by atomic mass is 9.88. The van der Waals surface area contributed by atoms with E-state index < -0.39 is 15.9 Å². The van der Waals surface area contributed by atoms with Gasteiger partial charge in [-0.25, -0.2) is 12.7 Å². The van der Waals surface area contributed by atoms with Crippen LogP contribution in [0.2, 0.25) is 0 Å². The first-order valence-electron chi connectivity index (χ1n) is 12.8. The van der Waals surface area contributed by atoms with Crippen molar-refractivity contribution in [3.05, 3.63) is 53.6 Å². The van der Waals surface area contributed by atoms with Gasteiger partial charge in [0.05, 0.1) is 16.5 Å². The fraction of sp³-hybridized carbons (Fsp3) is 0.500. The van der Waals surface area contributed by atoms with E-state index in [4.69, 9.17) is 4.74 Å². The Hall–Kier alpha value is -2.67. The van der Waals surface area contributed by atoms with Gasteiger partial charge in [-0.2, -0.15) is 0 Å². The van der Waals surface area contributed by atoms with Gasteiger partial charge >= 0.3 is 5.97 Å². The molecule has 0 aliphatic heterocycles. The summed E-state index contributed by atoms with van der Waals surface area (Å²) in [5.41, 5.74) is 1.82. The van der Waals surface area contributed by atoms with Crippen molar-refractivity contribution >= 4 is 27.6 Å². The van der Waals surface area contributed by atoms with Gasteiger partial charge in [-0.1, -0.05) is 56.2 Å². The molecule has 4 rings (SSSR count). The molecule has 0 saturated heterocycles. The number of nitrogens with zero attached hydrogens (tertiary/aromatic N) is 1. The predicted octanol–water partition coefficient (Wildman–Crippen LogP) is 6.09. The summed E-state index contributed by atoms with van der Waals surface area (Å²) < 4.78 is 34.2. The van der Waals surface area contributed by atoms with Crippen molar-refractivity contribution in [1.82, 2.24) is 0 Å². The van der Waals surface area contributed by atoms with Crippen molar-refractivity contribution in [1.29, 1.82) is 0 Å². The molecule has 0 N–H and O–H groups in total. The van der Waals surface area contributed by atoms with Gasteiger partial charge in [0.2, 0.25) is 5.91 Å². The number of carbonyl (C=O) groups is 2. The lowest BCUT2D eigenvalue weighted by molar-refractivity contribution is -0.140. The Morgan fingerprint density at radius 1 is 0.800 bits per heavy atom. The predicted molar refractivity (Wildman–Crippen MR) is 136 cm³/mol. The Kier molecular flexibility index (Phi) is 7.95. The molecule has 2 fully saturated rings. The molecule has 2 aliphatic rings. The number of carbonyl (C=O) groups excluding carboxylic acids is 2. The fourth-order valence-electron chi connectivity index (χ4n) is 5.27. The molecular weight excluding hydrogens is 462 g/mol. The number of anilines is 1. The molecule has 0 heterocycles. The van der Waals surface area contributed by atoms with Crippen LogP contribution in [0.3, 0.4) is 0 Å². The lowest BCUT2D eigenvalue weighted by Gasteiger charge is -2.29. The van der Waals surface area contributed by atoms with Crippen LogP contribution in [-0.4, -0.2) is 20.3 Å². The van der Waals surface area contributed by atoms with E-state index in [9.17, 15) is 18.0 Å². The van der Waals surface area contributed by atoms with E-state index >= 15 is 0 Å². The Bertz CT molecular complexity index is 1160. The summed E-state index contributed by atoms with van der Waals surface area (Å²) in [7, 11) is -4.13. The van der Waals surface area contributed by atoms with E-state index in [1.165, 1.54) is 0 Å². The van der Waals surface area contributed by atoms with Gasteiger partial charge in [-0.15, -0.1) is 0 Å². The zero-order valence-electron chi connectivity index (χ0n) is 20.7. The van der Waals surface area contributed by atoms with Crippen LogP contribution in [0.5, 0.6) is 5.75 Å². The minimum Gasteiger partial charge on any atom is -0.426 e. The quantitative estimate of drug-likeness (QED) is 0.356. The van der Waals surface area contributed by atoms with Gasteiger partial charge in [-0.05, 0) is 75.4 Å². The highest BCUT2D eigenvalue weighted by molar-refractivity contribution is 7.93. The molecule has 0 aromatic heterocycles. The van der Waals surface area contributed by atoms with Gasteiger partial charge in [0.15, 0.2) is 0 Å². The standard InChI is InChI=1S/C28H35NO5S/c1-20-13-18-26(21(2)19-20)35(32,33)29(27(30)22-9-5-3-6-10-22)24-14-16-25(17-15-24)34-28(31)23-11-7-4-8-12-23/h13-19,22-23H,3-12H2,1-2H3. The van der Waals surface area contributed by atoms with Crippen molar-refractivity contribution < 1.29 is 22.7 Å². The zero-order valence-corrected chi connectivity index (χ0v) is 21.5. The van der Waals surface area contributed by atoms with Gasteiger partial charge < -0.3 is 4.74 Å². The normalized spacial score (nSPS) is 17.7. The molecule has 6 nitrogen and oxygen atoms in total. The van der Waals surface area contributed by atoms with Crippen LogP contribution in [0.25, 0.3) is 0 Å². The summed E-state index contributed by atoms with van der Waals surface area (Å²) in [5.74, 6) is -0.684. The molecular formula is C28H35NO5S. The Labute approximate surface area is 208 Å². The van der Waals surface area contributed by atoms with Crippen molar-refractivity contribution in [2.45, 2.75) is 83.0 Å². The van der Waals surface area contributed by atoms with Crippen LogP contribution in [0, 0.1) is 25.7 Å². The largest absolute Gasteiger partial charge is 0.426 e. The maximum atomic E-state index is 13.8. The van der Waals surface area contributed by atoms with Crippen LogP contribution in [0.4, 0.5) is 5.69 Å². The van der Waals surface area contributed by atoms with Crippen LogP contribution >= 0.6 is 0 Å². The second-order valence-corrected chi connectivity index (χ2v) is 11.7. The van der Waals surface area contributed by atoms with Crippen molar-refractivity contribution in [3.63, 3.8) is 0 Å². The molecule has 0 unspecified atom stereocenters. The highest BCUT2D eigenvalue weighted by Crippen LogP contribution is 2.34. The number of ether oxygens (including phenoxy) is 1. The molecule has 0 bridgehead atoms. The van der Waals surface area contributed by atoms with Crippen LogP contribution in [-0.2, 0) is 19.6 Å². The summed E-state index contributed by atoms with van der Waals surface area (Å²) in [6.07, 6.45) is 9.19. The molecule has 2 aromatic rings. The molecule has 7 heteroatoms. The third-order valence-corrected chi connectivity index (χ3v) is 9.12. The first-order valence-corrected chi connectivity index (χ1v) is 14.2. The molecule has 188 valence electrons. The van der Waals surface area contributed by atoms with Gasteiger partial charge in [0.25, 0.3) is 10.0 Å². The van der Waals surface area contributed by atoms with Crippen molar-refractivity contribution in [2.24, 2.45) is 11.8 Å². The SMILES string of the molecule is Cc1ccc(S(=O)(=O)N(C(=O)C2CCCCC2)c2ccc(OC(=O)C3CCCCC3)cc2)c(C)c1. The number of esters is 1. The molecule has 1 amide bonds. The first-order chi connectivity index (χ1) is 16.8. The van der Waals surface area contributed by atoms with E-state index in [0.717, 1.165) is 61.2 Å². The number of benzene rings is 2. The Morgan fingerprint density at radius 2 is 1.37 bits per heavy atom. The first kappa shape index (κ1) is 25.4. The third-order valence-electron chi connectivity index (χ3n) is 7.23. The smallest absolute Gasteiger partial charge is 0.314 e. The molecule has 0 spiro atoms. The minimum absolute atomic E-state index is 0.0855. The number of sulfonamides is 1. The molecule has 2 aliphatic carbocycles. The number of rotatable bonds is 6.